The highest BCUT2D eigenvalue weighted by molar-refractivity contribution is 8.26. The van der Waals surface area contributed by atoms with Crippen LogP contribution in [0.15, 0.2) is 23.8 Å². The summed E-state index contributed by atoms with van der Waals surface area (Å²) < 4.78 is 39.0. The van der Waals surface area contributed by atoms with Gasteiger partial charge in [-0.15, -0.1) is 0 Å². The van der Waals surface area contributed by atoms with Crippen molar-refractivity contribution in [2.75, 3.05) is 14.1 Å². The Bertz CT molecular complexity index is 1110. The van der Waals surface area contributed by atoms with Crippen LogP contribution in [0.2, 0.25) is 0 Å². The molecule has 204 valence electrons. The van der Waals surface area contributed by atoms with E-state index in [0.29, 0.717) is 11.8 Å². The molecule has 10 heteroatoms. The van der Waals surface area contributed by atoms with E-state index in [1.54, 1.807) is 20.8 Å². The number of hydrogen-bond acceptors (Lipinski definition) is 7. The maximum Gasteiger partial charge on any atom is 0.306 e. The number of carbonyl (C=O) groups excluding carboxylic acids is 4. The van der Waals surface area contributed by atoms with Crippen LogP contribution in [0.4, 0.5) is 13.6 Å². The first kappa shape index (κ1) is 28.0. The molecule has 0 aliphatic heterocycles. The van der Waals surface area contributed by atoms with E-state index in [2.05, 4.69) is 0 Å². The molecule has 0 heterocycles. The summed E-state index contributed by atoms with van der Waals surface area (Å²) in [6.45, 7) is 6.50. The molecule has 4 aliphatic rings. The summed E-state index contributed by atoms with van der Waals surface area (Å²) in [6, 6.07) is 0. The first-order chi connectivity index (χ1) is 17.1. The number of esters is 1. The lowest BCUT2D eigenvalue weighted by molar-refractivity contribution is -0.228. The highest BCUT2D eigenvalue weighted by Crippen LogP contribution is 2.72. The van der Waals surface area contributed by atoms with Gasteiger partial charge in [0.1, 0.15) is 6.17 Å². The van der Waals surface area contributed by atoms with Crippen LogP contribution in [0.3, 0.4) is 0 Å². The van der Waals surface area contributed by atoms with Crippen LogP contribution in [0.1, 0.15) is 53.4 Å². The standard InChI is InChI=1S/C27H35F2NO6S/c1-7-21(33)36-27(22(34)37-23(35)30(5)6)14(2)10-16-17-12-19(28)18-11-15(31)8-9-24(18,3)26(17,29)20(32)13-25(16,27)4/h8-9,11,14,16-17,19-20,32H,7,10,12-13H2,1-6H3/t14-,16+,17?,19+,20+,24+,25+,26+,27+/m1/s1. The smallest absolute Gasteiger partial charge is 0.306 e. The summed E-state index contributed by atoms with van der Waals surface area (Å²) in [6.07, 6.45) is 0.118. The molecular formula is C27H35F2NO6S. The number of thioether (sulfide) groups is 1. The molecule has 1 unspecified atom stereocenters. The molecule has 4 aliphatic carbocycles. The minimum Gasteiger partial charge on any atom is -0.449 e. The van der Waals surface area contributed by atoms with Gasteiger partial charge >= 0.3 is 5.97 Å². The van der Waals surface area contributed by atoms with Gasteiger partial charge < -0.3 is 14.7 Å². The van der Waals surface area contributed by atoms with E-state index in [4.69, 9.17) is 4.74 Å². The topological polar surface area (TPSA) is 101 Å². The van der Waals surface area contributed by atoms with Crippen molar-refractivity contribution in [2.45, 2.75) is 76.9 Å². The second-order valence-electron chi connectivity index (χ2n) is 11.6. The van der Waals surface area contributed by atoms with Gasteiger partial charge in [0.15, 0.2) is 17.1 Å². The van der Waals surface area contributed by atoms with E-state index in [0.717, 1.165) is 6.08 Å². The number of allylic oxidation sites excluding steroid dienone is 4. The van der Waals surface area contributed by atoms with Crippen LogP contribution in [0.5, 0.6) is 0 Å². The van der Waals surface area contributed by atoms with Crippen LogP contribution in [0, 0.1) is 28.6 Å². The number of aliphatic hydroxyl groups is 1. The van der Waals surface area contributed by atoms with Gasteiger partial charge in [-0.1, -0.05) is 26.8 Å². The Labute approximate surface area is 220 Å². The third kappa shape index (κ3) is 3.61. The van der Waals surface area contributed by atoms with Gasteiger partial charge in [-0.3, -0.25) is 19.2 Å². The average molecular weight is 540 g/mol. The fourth-order valence-electron chi connectivity index (χ4n) is 7.72. The summed E-state index contributed by atoms with van der Waals surface area (Å²) >= 11 is 0.426. The number of aliphatic hydroxyl groups excluding tert-OH is 1. The summed E-state index contributed by atoms with van der Waals surface area (Å²) in [5.74, 6) is -3.36. The van der Waals surface area contributed by atoms with Crippen molar-refractivity contribution in [1.29, 1.82) is 0 Å². The monoisotopic (exact) mass is 539 g/mol. The summed E-state index contributed by atoms with van der Waals surface area (Å²) in [5.41, 5.74) is -6.94. The molecule has 9 atom stereocenters. The number of fused-ring (bicyclic) bond motifs is 5. The molecule has 7 nitrogen and oxygen atoms in total. The molecule has 37 heavy (non-hydrogen) atoms. The maximum atomic E-state index is 17.4. The quantitative estimate of drug-likeness (QED) is 0.537. The molecule has 1 N–H and O–H groups in total. The molecular weight excluding hydrogens is 504 g/mol. The molecule has 0 saturated heterocycles. The Hall–Kier alpha value is -2.07. The third-order valence-corrected chi connectivity index (χ3v) is 10.6. The van der Waals surface area contributed by atoms with E-state index in [1.807, 2.05) is 0 Å². The van der Waals surface area contributed by atoms with Gasteiger partial charge in [0.25, 0.3) is 5.24 Å². The van der Waals surface area contributed by atoms with Crippen LogP contribution >= 0.6 is 11.8 Å². The van der Waals surface area contributed by atoms with E-state index >= 15 is 8.78 Å². The molecule has 0 spiro atoms. The summed E-state index contributed by atoms with van der Waals surface area (Å²) in [7, 11) is 2.99. The number of amides is 1. The normalized spacial score (nSPS) is 44.3. The van der Waals surface area contributed by atoms with Crippen molar-refractivity contribution in [3.8, 4) is 0 Å². The van der Waals surface area contributed by atoms with E-state index in [-0.39, 0.29) is 31.3 Å². The van der Waals surface area contributed by atoms with Crippen molar-refractivity contribution < 1.29 is 37.8 Å². The number of nitrogens with zero attached hydrogens (tertiary/aromatic N) is 1. The summed E-state index contributed by atoms with van der Waals surface area (Å²) in [4.78, 5) is 52.3. The molecule has 0 radical (unpaired) electrons. The zero-order valence-electron chi connectivity index (χ0n) is 22.0. The highest BCUT2D eigenvalue weighted by atomic mass is 32.2. The van der Waals surface area contributed by atoms with Crippen LogP contribution in [0.25, 0.3) is 0 Å². The number of alkyl halides is 2. The molecule has 0 aromatic carbocycles. The Balaban J connectivity index is 1.86. The zero-order valence-corrected chi connectivity index (χ0v) is 22.9. The number of rotatable bonds is 3. The fourth-order valence-corrected chi connectivity index (χ4v) is 8.68. The average Bonchev–Trinajstić information content (AvgIpc) is 3.04. The Morgan fingerprint density at radius 2 is 1.86 bits per heavy atom. The summed E-state index contributed by atoms with van der Waals surface area (Å²) in [5, 5.41) is 10.3. The Morgan fingerprint density at radius 3 is 2.46 bits per heavy atom. The van der Waals surface area contributed by atoms with E-state index in [1.165, 1.54) is 38.1 Å². The fraction of sp³-hybridized carbons (Fsp3) is 0.704. The van der Waals surface area contributed by atoms with Crippen molar-refractivity contribution in [3.63, 3.8) is 0 Å². The molecule has 3 fully saturated rings. The van der Waals surface area contributed by atoms with Gasteiger partial charge in [-0.25, -0.2) is 8.78 Å². The lowest BCUT2D eigenvalue weighted by Crippen LogP contribution is -2.70. The molecule has 4 rings (SSSR count). The predicted octanol–water partition coefficient (Wildman–Crippen LogP) is 4.18. The van der Waals surface area contributed by atoms with Crippen LogP contribution in [-0.2, 0) is 19.1 Å². The second-order valence-corrected chi connectivity index (χ2v) is 12.5. The lowest BCUT2D eigenvalue weighted by atomic mass is 9.44. The first-order valence-corrected chi connectivity index (χ1v) is 13.5. The largest absolute Gasteiger partial charge is 0.449 e. The van der Waals surface area contributed by atoms with E-state index in [9.17, 15) is 24.3 Å². The number of hydrogen-bond donors (Lipinski definition) is 1. The minimum absolute atomic E-state index is 0.0133. The van der Waals surface area contributed by atoms with Gasteiger partial charge in [0.2, 0.25) is 5.12 Å². The van der Waals surface area contributed by atoms with Crippen molar-refractivity contribution in [2.24, 2.45) is 28.6 Å². The van der Waals surface area contributed by atoms with Gasteiger partial charge in [0, 0.05) is 54.9 Å². The minimum atomic E-state index is -2.32. The molecule has 1 amide bonds. The highest BCUT2D eigenvalue weighted by Gasteiger charge is 2.78. The third-order valence-electron chi connectivity index (χ3n) is 9.58. The number of halogens is 2. The predicted molar refractivity (Wildman–Crippen MR) is 134 cm³/mol. The Kier molecular flexibility index (Phi) is 6.80. The van der Waals surface area contributed by atoms with Gasteiger partial charge in [-0.05, 0) is 49.8 Å². The molecule has 0 aromatic rings. The number of ketones is 1. The van der Waals surface area contributed by atoms with E-state index < -0.39 is 74.2 Å². The van der Waals surface area contributed by atoms with Gasteiger partial charge in [-0.2, -0.15) is 0 Å². The lowest BCUT2D eigenvalue weighted by Gasteiger charge is -2.63. The first-order valence-electron chi connectivity index (χ1n) is 12.7. The molecule has 0 bridgehead atoms. The Morgan fingerprint density at radius 1 is 1.22 bits per heavy atom. The van der Waals surface area contributed by atoms with Crippen LogP contribution < -0.4 is 0 Å². The maximum absolute atomic E-state index is 17.4. The van der Waals surface area contributed by atoms with Crippen LogP contribution in [-0.4, -0.2) is 69.8 Å². The van der Waals surface area contributed by atoms with Gasteiger partial charge in [0.05, 0.1) is 6.10 Å². The van der Waals surface area contributed by atoms with Crippen molar-refractivity contribution >= 4 is 33.9 Å². The number of ether oxygens (including phenoxy) is 1. The molecule has 0 aromatic heterocycles. The zero-order chi connectivity index (χ0) is 27.7. The molecule has 3 saturated carbocycles. The van der Waals surface area contributed by atoms with Crippen molar-refractivity contribution in [1.82, 2.24) is 4.90 Å². The number of carbonyl (C=O) groups is 4. The second kappa shape index (κ2) is 9.00. The van der Waals surface area contributed by atoms with Crippen molar-refractivity contribution in [3.05, 3.63) is 23.8 Å². The SMILES string of the molecule is CCC(=O)O[C@]1(C(=O)SC(=O)N(C)C)[C@H](C)C[C@H]2C3C[C@H](F)C4=CC(=O)C=C[C@]4(C)[C@@]3(F)[C@@H](O)C[C@@]21C.